The molecule has 2 heterocycles. The first kappa shape index (κ1) is 17.4. The third kappa shape index (κ3) is 3.00. The summed E-state index contributed by atoms with van der Waals surface area (Å²) in [6.45, 7) is 0. The van der Waals surface area contributed by atoms with Crippen LogP contribution >= 0.6 is 15.9 Å². The number of ketones is 2. The van der Waals surface area contributed by atoms with E-state index in [0.29, 0.717) is 16.6 Å². The number of fused-ring (bicyclic) bond motifs is 1. The van der Waals surface area contributed by atoms with E-state index in [2.05, 4.69) is 15.9 Å². The van der Waals surface area contributed by atoms with Gasteiger partial charge in [0.2, 0.25) is 5.78 Å². The van der Waals surface area contributed by atoms with E-state index in [-0.39, 0.29) is 11.3 Å². The van der Waals surface area contributed by atoms with E-state index in [4.69, 9.17) is 0 Å². The predicted octanol–water partition coefficient (Wildman–Crippen LogP) is 5.30. The fraction of sp³-hybridized carbons (Fsp3) is 0. The predicted molar refractivity (Wildman–Crippen MR) is 105 cm³/mol. The van der Waals surface area contributed by atoms with Crippen molar-refractivity contribution in [3.8, 4) is 0 Å². The number of rotatable bonds is 4. The molecule has 27 heavy (non-hydrogen) atoms. The van der Waals surface area contributed by atoms with Crippen LogP contribution < -0.4 is 0 Å². The molecule has 4 aromatic rings. The van der Waals surface area contributed by atoms with Gasteiger partial charge in [0.05, 0.1) is 11.1 Å². The molecule has 0 atom stereocenters. The van der Waals surface area contributed by atoms with Gasteiger partial charge in [-0.05, 0) is 36.4 Å². The highest BCUT2D eigenvalue weighted by Gasteiger charge is 2.28. The number of carbonyl (C=O) groups is 2. The summed E-state index contributed by atoms with van der Waals surface area (Å²) in [5, 5.41) is 0. The van der Waals surface area contributed by atoms with Crippen LogP contribution in [0.15, 0.2) is 83.5 Å². The van der Waals surface area contributed by atoms with Gasteiger partial charge in [-0.3, -0.25) is 9.59 Å². The second-order valence-electron chi connectivity index (χ2n) is 6.02. The Hall–Kier alpha value is -3.05. The SMILES string of the molecule is O=C(c1ccc(Br)cc1)c1c(F)c(C(=O)c2ccccc2)n2ccccc12. The van der Waals surface area contributed by atoms with Crippen molar-refractivity contribution in [1.29, 1.82) is 0 Å². The molecule has 4 rings (SSSR count). The van der Waals surface area contributed by atoms with E-state index >= 15 is 4.39 Å². The monoisotopic (exact) mass is 421 g/mol. The molecule has 0 saturated heterocycles. The summed E-state index contributed by atoms with van der Waals surface area (Å²) in [7, 11) is 0. The van der Waals surface area contributed by atoms with Gasteiger partial charge >= 0.3 is 0 Å². The Labute approximate surface area is 163 Å². The van der Waals surface area contributed by atoms with Crippen molar-refractivity contribution >= 4 is 33.0 Å². The lowest BCUT2D eigenvalue weighted by Crippen LogP contribution is -2.08. The normalized spacial score (nSPS) is 10.9. The summed E-state index contributed by atoms with van der Waals surface area (Å²) in [5.41, 5.74) is 0.839. The molecular formula is C22H13BrFNO2. The van der Waals surface area contributed by atoms with Gasteiger partial charge in [0.1, 0.15) is 5.69 Å². The molecule has 0 saturated carbocycles. The Kier molecular flexibility index (Phi) is 4.46. The van der Waals surface area contributed by atoms with Crippen molar-refractivity contribution in [3.63, 3.8) is 0 Å². The number of nitrogens with zero attached hydrogens (tertiary/aromatic N) is 1. The molecule has 0 amide bonds. The zero-order chi connectivity index (χ0) is 19.0. The first-order chi connectivity index (χ1) is 13.1. The maximum atomic E-state index is 15.4. The molecule has 5 heteroatoms. The molecule has 0 fully saturated rings. The fourth-order valence-corrected chi connectivity index (χ4v) is 3.34. The third-order valence-electron chi connectivity index (χ3n) is 4.37. The van der Waals surface area contributed by atoms with E-state index in [0.717, 1.165) is 4.47 Å². The number of carbonyl (C=O) groups excluding carboxylic acids is 2. The van der Waals surface area contributed by atoms with Gasteiger partial charge in [-0.2, -0.15) is 0 Å². The number of halogens is 2. The molecule has 0 spiro atoms. The average molecular weight is 422 g/mol. The minimum Gasteiger partial charge on any atom is -0.310 e. The average Bonchev–Trinajstić information content (AvgIpc) is 3.00. The highest BCUT2D eigenvalue weighted by Crippen LogP contribution is 2.27. The summed E-state index contributed by atoms with van der Waals surface area (Å²) < 4.78 is 17.6. The summed E-state index contributed by atoms with van der Waals surface area (Å²) in [6.07, 6.45) is 1.59. The number of hydrogen-bond acceptors (Lipinski definition) is 2. The molecule has 0 unspecified atom stereocenters. The van der Waals surface area contributed by atoms with E-state index in [9.17, 15) is 9.59 Å². The first-order valence-corrected chi connectivity index (χ1v) is 9.06. The molecule has 0 radical (unpaired) electrons. The van der Waals surface area contributed by atoms with E-state index < -0.39 is 17.4 Å². The highest BCUT2D eigenvalue weighted by molar-refractivity contribution is 9.10. The van der Waals surface area contributed by atoms with Crippen LogP contribution in [0.1, 0.15) is 32.0 Å². The maximum Gasteiger partial charge on any atom is 0.212 e. The molecule has 0 aliphatic heterocycles. The Morgan fingerprint density at radius 1 is 0.778 bits per heavy atom. The van der Waals surface area contributed by atoms with Gasteiger partial charge in [-0.25, -0.2) is 4.39 Å². The molecule has 0 N–H and O–H groups in total. The molecule has 0 aliphatic rings. The van der Waals surface area contributed by atoms with Gasteiger partial charge in [0.15, 0.2) is 11.6 Å². The fourth-order valence-electron chi connectivity index (χ4n) is 3.08. The number of pyridine rings is 1. The van der Waals surface area contributed by atoms with E-state index in [1.165, 1.54) is 4.40 Å². The van der Waals surface area contributed by atoms with Gasteiger partial charge in [0.25, 0.3) is 0 Å². The van der Waals surface area contributed by atoms with Gasteiger partial charge < -0.3 is 4.40 Å². The van der Waals surface area contributed by atoms with Crippen molar-refractivity contribution < 1.29 is 14.0 Å². The lowest BCUT2D eigenvalue weighted by atomic mass is 10.0. The Bertz CT molecular complexity index is 1160. The van der Waals surface area contributed by atoms with Crippen LogP contribution in [-0.4, -0.2) is 16.0 Å². The van der Waals surface area contributed by atoms with Crippen molar-refractivity contribution in [2.75, 3.05) is 0 Å². The topological polar surface area (TPSA) is 38.5 Å². The van der Waals surface area contributed by atoms with E-state index in [1.807, 2.05) is 0 Å². The van der Waals surface area contributed by atoms with Crippen molar-refractivity contribution in [2.24, 2.45) is 0 Å². The van der Waals surface area contributed by atoms with Crippen molar-refractivity contribution in [3.05, 3.63) is 112 Å². The molecule has 2 aromatic heterocycles. The van der Waals surface area contributed by atoms with Gasteiger partial charge in [0, 0.05) is 21.8 Å². The number of aromatic nitrogens is 1. The smallest absolute Gasteiger partial charge is 0.212 e. The van der Waals surface area contributed by atoms with Crippen LogP contribution in [0.2, 0.25) is 0 Å². The molecular weight excluding hydrogens is 409 g/mol. The Balaban J connectivity index is 1.93. The summed E-state index contributed by atoms with van der Waals surface area (Å²) in [6, 6.07) is 20.2. The molecule has 0 aliphatic carbocycles. The summed E-state index contributed by atoms with van der Waals surface area (Å²) >= 11 is 3.32. The zero-order valence-electron chi connectivity index (χ0n) is 14.0. The van der Waals surface area contributed by atoms with Crippen LogP contribution in [-0.2, 0) is 0 Å². The number of hydrogen-bond donors (Lipinski definition) is 0. The Morgan fingerprint density at radius 2 is 1.41 bits per heavy atom. The summed E-state index contributed by atoms with van der Waals surface area (Å²) in [5.74, 6) is -1.73. The largest absolute Gasteiger partial charge is 0.310 e. The van der Waals surface area contributed by atoms with Gasteiger partial charge in [-0.1, -0.05) is 52.3 Å². The van der Waals surface area contributed by atoms with Crippen LogP contribution in [0.25, 0.3) is 5.52 Å². The van der Waals surface area contributed by atoms with Crippen LogP contribution in [0.3, 0.4) is 0 Å². The molecule has 0 bridgehead atoms. The molecule has 132 valence electrons. The lowest BCUT2D eigenvalue weighted by Gasteiger charge is -2.02. The highest BCUT2D eigenvalue weighted by atomic mass is 79.9. The lowest BCUT2D eigenvalue weighted by molar-refractivity contribution is 0.102. The van der Waals surface area contributed by atoms with E-state index in [1.54, 1.807) is 79.0 Å². The second-order valence-corrected chi connectivity index (χ2v) is 6.94. The third-order valence-corrected chi connectivity index (χ3v) is 4.90. The summed E-state index contributed by atoms with van der Waals surface area (Å²) in [4.78, 5) is 25.9. The van der Waals surface area contributed by atoms with Crippen molar-refractivity contribution in [1.82, 2.24) is 4.40 Å². The van der Waals surface area contributed by atoms with Gasteiger partial charge in [-0.15, -0.1) is 0 Å². The second kappa shape index (κ2) is 6.93. The standard InChI is InChI=1S/C22H13BrFNO2/c23-16-11-9-15(10-12-16)21(26)18-17-8-4-5-13-25(17)20(19(18)24)22(27)14-6-2-1-3-7-14/h1-13H. The quantitative estimate of drug-likeness (QED) is 0.419. The Morgan fingerprint density at radius 3 is 2.11 bits per heavy atom. The molecule has 3 nitrogen and oxygen atoms in total. The first-order valence-electron chi connectivity index (χ1n) is 8.26. The minimum atomic E-state index is -0.803. The van der Waals surface area contributed by atoms with Crippen LogP contribution in [0, 0.1) is 5.82 Å². The molecule has 2 aromatic carbocycles. The zero-order valence-corrected chi connectivity index (χ0v) is 15.6. The minimum absolute atomic E-state index is 0.0998. The van der Waals surface area contributed by atoms with Crippen molar-refractivity contribution in [2.45, 2.75) is 0 Å². The maximum absolute atomic E-state index is 15.4. The van der Waals surface area contributed by atoms with Crippen LogP contribution in [0.5, 0.6) is 0 Å². The number of benzene rings is 2. The van der Waals surface area contributed by atoms with Crippen LogP contribution in [0.4, 0.5) is 4.39 Å².